The molecule has 16 heavy (non-hydrogen) atoms. The van der Waals surface area contributed by atoms with Gasteiger partial charge in [0.1, 0.15) is 5.82 Å². The van der Waals surface area contributed by atoms with Crippen LogP contribution >= 0.6 is 0 Å². The van der Waals surface area contributed by atoms with Crippen LogP contribution in [0.3, 0.4) is 0 Å². The van der Waals surface area contributed by atoms with Crippen LogP contribution in [-0.2, 0) is 6.42 Å². The Morgan fingerprint density at radius 1 is 1.06 bits per heavy atom. The van der Waals surface area contributed by atoms with Crippen molar-refractivity contribution in [3.8, 4) is 0 Å². The summed E-state index contributed by atoms with van der Waals surface area (Å²) in [4.78, 5) is 8.81. The summed E-state index contributed by atoms with van der Waals surface area (Å²) in [7, 11) is 0. The minimum atomic E-state index is 0.690. The van der Waals surface area contributed by atoms with E-state index >= 15 is 0 Å². The van der Waals surface area contributed by atoms with Gasteiger partial charge in [0.2, 0.25) is 0 Å². The second-order valence-corrected chi connectivity index (χ2v) is 3.94. The number of rotatable bonds is 2. The van der Waals surface area contributed by atoms with Gasteiger partial charge < -0.3 is 5.73 Å². The highest BCUT2D eigenvalue weighted by atomic mass is 14.9. The maximum absolute atomic E-state index is 5.89. The van der Waals surface area contributed by atoms with Crippen molar-refractivity contribution in [1.29, 1.82) is 0 Å². The topological polar surface area (TPSA) is 51.8 Å². The molecule has 3 nitrogen and oxygen atoms in total. The molecule has 2 aromatic rings. The summed E-state index contributed by atoms with van der Waals surface area (Å²) in [5.41, 5.74) is 9.76. The van der Waals surface area contributed by atoms with E-state index in [1.807, 2.05) is 44.2 Å². The van der Waals surface area contributed by atoms with Crippen LogP contribution in [0, 0.1) is 13.8 Å². The summed E-state index contributed by atoms with van der Waals surface area (Å²) >= 11 is 0. The molecule has 1 aromatic carbocycles. The van der Waals surface area contributed by atoms with E-state index < -0.39 is 0 Å². The summed E-state index contributed by atoms with van der Waals surface area (Å²) in [6.07, 6.45) is 0.690. The van der Waals surface area contributed by atoms with Gasteiger partial charge in [0, 0.05) is 23.5 Å². The average Bonchev–Trinajstić information content (AvgIpc) is 2.20. The van der Waals surface area contributed by atoms with Crippen molar-refractivity contribution in [2.45, 2.75) is 20.3 Å². The number of nitrogens with two attached hydrogens (primary N) is 1. The van der Waals surface area contributed by atoms with Gasteiger partial charge >= 0.3 is 0 Å². The fraction of sp³-hybridized carbons (Fsp3) is 0.231. The third kappa shape index (κ3) is 2.37. The SMILES string of the molecule is Cc1cc(C)nc(Cc2ccccc2N)n1. The molecule has 0 amide bonds. The highest BCUT2D eigenvalue weighted by Gasteiger charge is 2.03. The molecule has 3 heteroatoms. The van der Waals surface area contributed by atoms with E-state index in [0.717, 1.165) is 28.5 Å². The lowest BCUT2D eigenvalue weighted by molar-refractivity contribution is 0.919. The van der Waals surface area contributed by atoms with Gasteiger partial charge in [-0.25, -0.2) is 9.97 Å². The van der Waals surface area contributed by atoms with Gasteiger partial charge in [-0.3, -0.25) is 0 Å². The van der Waals surface area contributed by atoms with Gasteiger partial charge in [0.05, 0.1) is 0 Å². The van der Waals surface area contributed by atoms with Gasteiger partial charge in [0.25, 0.3) is 0 Å². The number of para-hydroxylation sites is 1. The number of anilines is 1. The number of nitrogen functional groups attached to an aromatic ring is 1. The summed E-state index contributed by atoms with van der Waals surface area (Å²) < 4.78 is 0. The summed E-state index contributed by atoms with van der Waals surface area (Å²) in [6.45, 7) is 3.96. The third-order valence-corrected chi connectivity index (χ3v) is 2.43. The van der Waals surface area contributed by atoms with Crippen LogP contribution in [0.5, 0.6) is 0 Å². The Kier molecular flexibility index (Phi) is 2.86. The van der Waals surface area contributed by atoms with Gasteiger partial charge in [-0.2, -0.15) is 0 Å². The van der Waals surface area contributed by atoms with Crippen molar-refractivity contribution in [2.24, 2.45) is 0 Å². The highest BCUT2D eigenvalue weighted by molar-refractivity contribution is 5.47. The third-order valence-electron chi connectivity index (χ3n) is 2.43. The minimum Gasteiger partial charge on any atom is -0.398 e. The van der Waals surface area contributed by atoms with Crippen molar-refractivity contribution in [3.05, 3.63) is 53.1 Å². The number of hydrogen-bond acceptors (Lipinski definition) is 3. The standard InChI is InChI=1S/C13H15N3/c1-9-7-10(2)16-13(15-9)8-11-5-3-4-6-12(11)14/h3-7H,8,14H2,1-2H3. The Morgan fingerprint density at radius 2 is 1.69 bits per heavy atom. The maximum atomic E-state index is 5.89. The Labute approximate surface area is 95.4 Å². The van der Waals surface area contributed by atoms with E-state index in [0.29, 0.717) is 6.42 Å². The van der Waals surface area contributed by atoms with Crippen LogP contribution < -0.4 is 5.73 Å². The van der Waals surface area contributed by atoms with Crippen molar-refractivity contribution >= 4 is 5.69 Å². The molecule has 0 aliphatic heterocycles. The molecule has 0 aliphatic carbocycles. The minimum absolute atomic E-state index is 0.690. The molecule has 0 atom stereocenters. The van der Waals surface area contributed by atoms with Crippen LogP contribution in [0.25, 0.3) is 0 Å². The van der Waals surface area contributed by atoms with Crippen LogP contribution in [0.4, 0.5) is 5.69 Å². The molecular weight excluding hydrogens is 198 g/mol. The molecule has 0 saturated heterocycles. The molecule has 0 radical (unpaired) electrons. The molecule has 0 aliphatic rings. The molecule has 1 aromatic heterocycles. The van der Waals surface area contributed by atoms with E-state index in [1.165, 1.54) is 0 Å². The van der Waals surface area contributed by atoms with Crippen LogP contribution in [0.15, 0.2) is 30.3 Å². The van der Waals surface area contributed by atoms with Crippen molar-refractivity contribution < 1.29 is 0 Å². The zero-order valence-corrected chi connectivity index (χ0v) is 9.57. The largest absolute Gasteiger partial charge is 0.398 e. The molecule has 1 heterocycles. The van der Waals surface area contributed by atoms with E-state index in [9.17, 15) is 0 Å². The molecule has 0 bridgehead atoms. The fourth-order valence-corrected chi connectivity index (χ4v) is 1.74. The summed E-state index contributed by atoms with van der Waals surface area (Å²) in [5, 5.41) is 0. The van der Waals surface area contributed by atoms with Gasteiger partial charge in [-0.05, 0) is 31.5 Å². The monoisotopic (exact) mass is 213 g/mol. The molecule has 0 unspecified atom stereocenters. The zero-order valence-electron chi connectivity index (χ0n) is 9.57. The average molecular weight is 213 g/mol. The molecular formula is C13H15N3. The Morgan fingerprint density at radius 3 is 2.31 bits per heavy atom. The Bertz CT molecular complexity index is 486. The van der Waals surface area contributed by atoms with E-state index in [-0.39, 0.29) is 0 Å². The number of nitrogens with zero attached hydrogens (tertiary/aromatic N) is 2. The Balaban J connectivity index is 2.30. The predicted octanol–water partition coefficient (Wildman–Crippen LogP) is 2.27. The first-order valence-corrected chi connectivity index (χ1v) is 5.29. The second-order valence-electron chi connectivity index (χ2n) is 3.94. The van der Waals surface area contributed by atoms with Crippen LogP contribution in [0.1, 0.15) is 22.8 Å². The molecule has 2 rings (SSSR count). The molecule has 0 saturated carbocycles. The summed E-state index contributed by atoms with van der Waals surface area (Å²) in [5.74, 6) is 0.829. The lowest BCUT2D eigenvalue weighted by Gasteiger charge is -2.05. The van der Waals surface area contributed by atoms with Crippen molar-refractivity contribution in [3.63, 3.8) is 0 Å². The second kappa shape index (κ2) is 4.31. The first kappa shape index (κ1) is 10.6. The van der Waals surface area contributed by atoms with Gasteiger partial charge in [-0.15, -0.1) is 0 Å². The lowest BCUT2D eigenvalue weighted by atomic mass is 10.1. The lowest BCUT2D eigenvalue weighted by Crippen LogP contribution is -2.02. The molecule has 2 N–H and O–H groups in total. The van der Waals surface area contributed by atoms with Crippen molar-refractivity contribution in [2.75, 3.05) is 5.73 Å². The highest BCUT2D eigenvalue weighted by Crippen LogP contribution is 2.14. The van der Waals surface area contributed by atoms with E-state index in [1.54, 1.807) is 0 Å². The molecule has 0 fully saturated rings. The normalized spacial score (nSPS) is 10.4. The summed E-state index contributed by atoms with van der Waals surface area (Å²) in [6, 6.07) is 9.79. The predicted molar refractivity (Wildman–Crippen MR) is 65.2 cm³/mol. The van der Waals surface area contributed by atoms with Crippen LogP contribution in [0.2, 0.25) is 0 Å². The van der Waals surface area contributed by atoms with Gasteiger partial charge in [-0.1, -0.05) is 18.2 Å². The molecule has 0 spiro atoms. The first-order valence-electron chi connectivity index (χ1n) is 5.29. The number of hydrogen-bond donors (Lipinski definition) is 1. The number of aryl methyl sites for hydroxylation is 2. The number of benzene rings is 1. The van der Waals surface area contributed by atoms with Gasteiger partial charge in [0.15, 0.2) is 0 Å². The van der Waals surface area contributed by atoms with E-state index in [2.05, 4.69) is 9.97 Å². The molecule has 82 valence electrons. The Hall–Kier alpha value is -1.90. The maximum Gasteiger partial charge on any atom is 0.133 e. The first-order chi connectivity index (χ1) is 7.65. The fourth-order valence-electron chi connectivity index (χ4n) is 1.74. The van der Waals surface area contributed by atoms with Crippen molar-refractivity contribution in [1.82, 2.24) is 9.97 Å². The smallest absolute Gasteiger partial charge is 0.133 e. The van der Waals surface area contributed by atoms with Crippen LogP contribution in [-0.4, -0.2) is 9.97 Å². The zero-order chi connectivity index (χ0) is 11.5. The number of aromatic nitrogens is 2. The van der Waals surface area contributed by atoms with E-state index in [4.69, 9.17) is 5.73 Å². The quantitative estimate of drug-likeness (QED) is 0.778.